The molecule has 0 spiro atoms. The Bertz CT molecular complexity index is 237. The van der Waals surface area contributed by atoms with Crippen molar-refractivity contribution in [1.82, 2.24) is 0 Å². The van der Waals surface area contributed by atoms with E-state index >= 15 is 0 Å². The minimum Gasteiger partial charge on any atom is -0.429 e. The van der Waals surface area contributed by atoms with Crippen LogP contribution >= 0.6 is 0 Å². The summed E-state index contributed by atoms with van der Waals surface area (Å²) in [7, 11) is 1.59. The van der Waals surface area contributed by atoms with Gasteiger partial charge in [0.1, 0.15) is 0 Å². The fourth-order valence-electron chi connectivity index (χ4n) is 1.24. The molecule has 4 heteroatoms. The van der Waals surface area contributed by atoms with Gasteiger partial charge in [0.05, 0.1) is 6.61 Å². The molecular formula is C10H16O4. The van der Waals surface area contributed by atoms with Gasteiger partial charge in [0, 0.05) is 12.7 Å². The summed E-state index contributed by atoms with van der Waals surface area (Å²) in [6.07, 6.45) is 0.152. The molecule has 14 heavy (non-hydrogen) atoms. The Kier molecular flexibility index (Phi) is 3.29. The second-order valence-electron chi connectivity index (χ2n) is 3.45. The highest BCUT2D eigenvalue weighted by atomic mass is 16.8. The highest BCUT2D eigenvalue weighted by Gasteiger charge is 2.50. The van der Waals surface area contributed by atoms with Gasteiger partial charge in [0.15, 0.2) is 5.60 Å². The average Bonchev–Trinajstić information content (AvgIpc) is 2.14. The van der Waals surface area contributed by atoms with Crippen LogP contribution in [0.5, 0.6) is 0 Å². The molecule has 1 aliphatic heterocycles. The van der Waals surface area contributed by atoms with Crippen LogP contribution in [-0.2, 0) is 19.0 Å². The van der Waals surface area contributed by atoms with Crippen LogP contribution in [0.2, 0.25) is 0 Å². The van der Waals surface area contributed by atoms with Gasteiger partial charge in [-0.15, -0.1) is 0 Å². The smallest absolute Gasteiger partial charge is 0.335 e. The first kappa shape index (κ1) is 11.2. The van der Waals surface area contributed by atoms with Crippen molar-refractivity contribution in [2.45, 2.75) is 32.2 Å². The van der Waals surface area contributed by atoms with Crippen LogP contribution in [0.4, 0.5) is 0 Å². The highest BCUT2D eigenvalue weighted by molar-refractivity contribution is 5.87. The second kappa shape index (κ2) is 4.11. The van der Waals surface area contributed by atoms with E-state index in [1.54, 1.807) is 14.0 Å². The van der Waals surface area contributed by atoms with E-state index in [0.717, 1.165) is 6.42 Å². The molecule has 80 valence electrons. The van der Waals surface area contributed by atoms with Gasteiger partial charge in [-0.2, -0.15) is 0 Å². The van der Waals surface area contributed by atoms with E-state index in [1.165, 1.54) is 0 Å². The SMILES string of the molecule is C=C(C)C(=O)OC1OCC1(CC)OC. The maximum absolute atomic E-state index is 11.2. The molecule has 2 atom stereocenters. The van der Waals surface area contributed by atoms with Crippen LogP contribution in [0.1, 0.15) is 20.3 Å². The summed E-state index contributed by atoms with van der Waals surface area (Å²) >= 11 is 0. The van der Waals surface area contributed by atoms with Gasteiger partial charge in [-0.05, 0) is 13.3 Å². The second-order valence-corrected chi connectivity index (χ2v) is 3.45. The third-order valence-electron chi connectivity index (χ3n) is 2.48. The molecule has 1 fully saturated rings. The van der Waals surface area contributed by atoms with E-state index in [9.17, 15) is 4.79 Å². The van der Waals surface area contributed by atoms with Crippen molar-refractivity contribution >= 4 is 5.97 Å². The molecule has 0 bridgehead atoms. The lowest BCUT2D eigenvalue weighted by molar-refractivity contribution is -0.331. The van der Waals surface area contributed by atoms with Crippen LogP contribution in [-0.4, -0.2) is 31.6 Å². The quantitative estimate of drug-likeness (QED) is 0.506. The first-order valence-corrected chi connectivity index (χ1v) is 4.59. The molecule has 0 aromatic rings. The monoisotopic (exact) mass is 200 g/mol. The summed E-state index contributed by atoms with van der Waals surface area (Å²) in [5.74, 6) is -0.440. The number of ether oxygens (including phenoxy) is 3. The molecule has 0 aromatic heterocycles. The molecule has 0 radical (unpaired) electrons. The first-order chi connectivity index (χ1) is 6.55. The van der Waals surface area contributed by atoms with Crippen molar-refractivity contribution in [1.29, 1.82) is 0 Å². The Morgan fingerprint density at radius 1 is 1.71 bits per heavy atom. The predicted octanol–water partition coefficient (Wildman–Crippen LogP) is 1.26. The number of methoxy groups -OCH3 is 1. The zero-order chi connectivity index (χ0) is 10.8. The number of hydrogen-bond donors (Lipinski definition) is 0. The summed E-state index contributed by atoms with van der Waals surface area (Å²) in [4.78, 5) is 11.2. The molecule has 4 nitrogen and oxygen atoms in total. The van der Waals surface area contributed by atoms with E-state index in [2.05, 4.69) is 6.58 Å². The molecule has 2 unspecified atom stereocenters. The van der Waals surface area contributed by atoms with Crippen LogP contribution in [0, 0.1) is 0 Å². The van der Waals surface area contributed by atoms with E-state index in [-0.39, 0.29) is 0 Å². The molecule has 0 N–H and O–H groups in total. The standard InChI is InChI=1S/C10H16O4/c1-5-10(12-4)6-13-9(10)14-8(11)7(2)3/h9H,2,5-6H2,1,3-4H3. The van der Waals surface area contributed by atoms with Gasteiger partial charge in [-0.3, -0.25) is 0 Å². The number of carbonyl (C=O) groups is 1. The lowest BCUT2D eigenvalue weighted by Crippen LogP contribution is -2.60. The number of carbonyl (C=O) groups excluding carboxylic acids is 1. The van der Waals surface area contributed by atoms with E-state index in [0.29, 0.717) is 12.2 Å². The Labute approximate surface area is 83.8 Å². The van der Waals surface area contributed by atoms with E-state index in [4.69, 9.17) is 14.2 Å². The molecule has 1 heterocycles. The van der Waals surface area contributed by atoms with Gasteiger partial charge in [0.2, 0.25) is 6.29 Å². The molecule has 0 saturated carbocycles. The molecule has 0 amide bonds. The van der Waals surface area contributed by atoms with Crippen molar-refractivity contribution in [3.8, 4) is 0 Å². The lowest BCUT2D eigenvalue weighted by Gasteiger charge is -2.45. The Morgan fingerprint density at radius 3 is 2.64 bits per heavy atom. The molecule has 0 aliphatic carbocycles. The average molecular weight is 200 g/mol. The third kappa shape index (κ3) is 1.81. The predicted molar refractivity (Wildman–Crippen MR) is 50.7 cm³/mol. The van der Waals surface area contributed by atoms with Gasteiger partial charge in [-0.1, -0.05) is 13.5 Å². The van der Waals surface area contributed by atoms with Crippen molar-refractivity contribution in [2.75, 3.05) is 13.7 Å². The van der Waals surface area contributed by atoms with Crippen LogP contribution in [0.3, 0.4) is 0 Å². The van der Waals surface area contributed by atoms with Crippen LogP contribution in [0.15, 0.2) is 12.2 Å². The summed E-state index contributed by atoms with van der Waals surface area (Å²) in [5.41, 5.74) is -0.105. The molecule has 1 rings (SSSR count). The Balaban J connectivity index is 2.54. The minimum absolute atomic E-state index is 0.363. The Morgan fingerprint density at radius 2 is 2.36 bits per heavy atom. The van der Waals surface area contributed by atoms with Crippen molar-refractivity contribution in [3.63, 3.8) is 0 Å². The van der Waals surface area contributed by atoms with Crippen LogP contribution < -0.4 is 0 Å². The maximum Gasteiger partial charge on any atom is 0.335 e. The lowest BCUT2D eigenvalue weighted by atomic mass is 9.96. The minimum atomic E-state index is -0.596. The fraction of sp³-hybridized carbons (Fsp3) is 0.700. The fourth-order valence-corrected chi connectivity index (χ4v) is 1.24. The van der Waals surface area contributed by atoms with Crippen molar-refractivity contribution in [2.24, 2.45) is 0 Å². The van der Waals surface area contributed by atoms with Crippen LogP contribution in [0.25, 0.3) is 0 Å². The zero-order valence-electron chi connectivity index (χ0n) is 8.83. The number of hydrogen-bond acceptors (Lipinski definition) is 4. The summed E-state index contributed by atoms with van der Waals surface area (Å²) in [5, 5.41) is 0. The van der Waals surface area contributed by atoms with Gasteiger partial charge < -0.3 is 14.2 Å². The molecule has 1 aliphatic rings. The third-order valence-corrected chi connectivity index (χ3v) is 2.48. The van der Waals surface area contributed by atoms with Gasteiger partial charge >= 0.3 is 5.97 Å². The summed E-state index contributed by atoms with van der Waals surface area (Å²) < 4.78 is 15.5. The molecular weight excluding hydrogens is 184 g/mol. The number of esters is 1. The van der Waals surface area contributed by atoms with Gasteiger partial charge in [0.25, 0.3) is 0 Å². The first-order valence-electron chi connectivity index (χ1n) is 4.59. The maximum atomic E-state index is 11.2. The number of rotatable bonds is 4. The summed E-state index contributed by atoms with van der Waals surface area (Å²) in [6, 6.07) is 0. The molecule has 0 aromatic carbocycles. The summed E-state index contributed by atoms with van der Waals surface area (Å²) in [6.45, 7) is 7.53. The van der Waals surface area contributed by atoms with Crippen molar-refractivity contribution < 1.29 is 19.0 Å². The zero-order valence-corrected chi connectivity index (χ0v) is 8.83. The normalized spacial score (nSPS) is 30.6. The largest absolute Gasteiger partial charge is 0.429 e. The molecule has 1 saturated heterocycles. The Hall–Kier alpha value is -0.870. The topological polar surface area (TPSA) is 44.8 Å². The van der Waals surface area contributed by atoms with E-state index < -0.39 is 17.9 Å². The van der Waals surface area contributed by atoms with Crippen molar-refractivity contribution in [3.05, 3.63) is 12.2 Å². The highest BCUT2D eigenvalue weighted by Crippen LogP contribution is 2.33. The van der Waals surface area contributed by atoms with E-state index in [1.807, 2.05) is 6.92 Å². The van der Waals surface area contributed by atoms with Gasteiger partial charge in [-0.25, -0.2) is 4.79 Å².